The highest BCUT2D eigenvalue weighted by Gasteiger charge is 2.50. The molecule has 5 rings (SSSR count). The van der Waals surface area contributed by atoms with Crippen molar-refractivity contribution in [3.05, 3.63) is 34.9 Å². The Hall–Kier alpha value is -0.820. The fraction of sp³-hybridized carbons (Fsp3) is 0.611. The fourth-order valence-corrected chi connectivity index (χ4v) is 5.50. The van der Waals surface area contributed by atoms with Gasteiger partial charge in [-0.1, -0.05) is 23.7 Å². The van der Waals surface area contributed by atoms with Gasteiger partial charge in [-0.2, -0.15) is 0 Å². The molecule has 0 saturated heterocycles. The number of hydrogen-bond donors (Lipinski definition) is 0. The molecule has 4 bridgehead atoms. The maximum Gasteiger partial charge on any atom is 0.140 e. The van der Waals surface area contributed by atoms with E-state index in [4.69, 9.17) is 11.6 Å². The molecule has 20 heavy (non-hydrogen) atoms. The largest absolute Gasteiger partial charge is 0.299 e. The molecule has 1 aromatic carbocycles. The summed E-state index contributed by atoms with van der Waals surface area (Å²) in [7, 11) is 0. The molecule has 106 valence electrons. The van der Waals surface area contributed by atoms with Crippen LogP contribution in [0.2, 0.25) is 5.02 Å². The van der Waals surface area contributed by atoms with Crippen LogP contribution in [0.25, 0.3) is 0 Å². The van der Waals surface area contributed by atoms with Crippen LogP contribution >= 0.6 is 11.6 Å². The van der Waals surface area contributed by atoms with Gasteiger partial charge in [-0.05, 0) is 73.5 Å². The van der Waals surface area contributed by atoms with Crippen LogP contribution in [-0.2, 0) is 11.2 Å². The quantitative estimate of drug-likeness (QED) is 0.799. The van der Waals surface area contributed by atoms with E-state index in [1.165, 1.54) is 32.1 Å². The van der Waals surface area contributed by atoms with Crippen molar-refractivity contribution in [2.75, 3.05) is 0 Å². The van der Waals surface area contributed by atoms with Crippen molar-refractivity contribution >= 4 is 17.4 Å². The number of rotatable bonds is 3. The Labute approximate surface area is 125 Å². The lowest BCUT2D eigenvalue weighted by molar-refractivity contribution is -0.135. The summed E-state index contributed by atoms with van der Waals surface area (Å²) in [6, 6.07) is 7.77. The van der Waals surface area contributed by atoms with E-state index in [1.54, 1.807) is 0 Å². The van der Waals surface area contributed by atoms with E-state index >= 15 is 0 Å². The van der Waals surface area contributed by atoms with E-state index < -0.39 is 0 Å². The van der Waals surface area contributed by atoms with Crippen LogP contribution < -0.4 is 0 Å². The lowest BCUT2D eigenvalue weighted by Gasteiger charge is -2.53. The van der Waals surface area contributed by atoms with Crippen molar-refractivity contribution in [2.45, 2.75) is 38.5 Å². The molecule has 0 aromatic heterocycles. The standard InChI is InChI=1S/C18H21ClO/c19-16-3-1-11(2-4-16)10-17(20)18-14-6-12-5-13(8-14)9-15(18)7-12/h1-4,12-15,18H,5-10H2. The van der Waals surface area contributed by atoms with Crippen LogP contribution in [0.1, 0.15) is 37.7 Å². The lowest BCUT2D eigenvalue weighted by Crippen LogP contribution is -2.48. The summed E-state index contributed by atoms with van der Waals surface area (Å²) in [6.45, 7) is 0. The third-order valence-corrected chi connectivity index (χ3v) is 6.14. The molecule has 0 heterocycles. The predicted molar refractivity (Wildman–Crippen MR) is 80.7 cm³/mol. The zero-order valence-corrected chi connectivity index (χ0v) is 12.5. The van der Waals surface area contributed by atoms with E-state index in [2.05, 4.69) is 0 Å². The molecule has 1 nitrogen and oxygen atoms in total. The SMILES string of the molecule is O=C(Cc1ccc(Cl)cc1)C1C2CC3CC(C2)CC1C3. The van der Waals surface area contributed by atoms with Crippen LogP contribution in [0.5, 0.6) is 0 Å². The number of hydrogen-bond acceptors (Lipinski definition) is 1. The van der Waals surface area contributed by atoms with Crippen molar-refractivity contribution in [3.63, 3.8) is 0 Å². The van der Waals surface area contributed by atoms with Gasteiger partial charge in [0.2, 0.25) is 0 Å². The molecule has 0 atom stereocenters. The minimum absolute atomic E-state index is 0.360. The molecule has 0 aliphatic heterocycles. The zero-order chi connectivity index (χ0) is 13.7. The minimum Gasteiger partial charge on any atom is -0.299 e. The van der Waals surface area contributed by atoms with E-state index in [-0.39, 0.29) is 0 Å². The maximum atomic E-state index is 12.8. The number of halogens is 1. The molecule has 4 aliphatic rings. The topological polar surface area (TPSA) is 17.1 Å². The molecular weight excluding hydrogens is 268 g/mol. The monoisotopic (exact) mass is 288 g/mol. The molecule has 4 aliphatic carbocycles. The van der Waals surface area contributed by atoms with Crippen molar-refractivity contribution < 1.29 is 4.79 Å². The van der Waals surface area contributed by atoms with Crippen LogP contribution in [0.15, 0.2) is 24.3 Å². The van der Waals surface area contributed by atoms with Crippen LogP contribution in [-0.4, -0.2) is 5.78 Å². The molecule has 0 spiro atoms. The van der Waals surface area contributed by atoms with Crippen molar-refractivity contribution in [1.82, 2.24) is 0 Å². The fourth-order valence-electron chi connectivity index (χ4n) is 5.37. The maximum absolute atomic E-state index is 12.8. The third-order valence-electron chi connectivity index (χ3n) is 5.89. The van der Waals surface area contributed by atoms with Crippen molar-refractivity contribution in [1.29, 1.82) is 0 Å². The van der Waals surface area contributed by atoms with Gasteiger partial charge in [0, 0.05) is 17.4 Å². The Bertz CT molecular complexity index is 491. The summed E-state index contributed by atoms with van der Waals surface area (Å²) in [5, 5.41) is 0.746. The van der Waals surface area contributed by atoms with E-state index in [9.17, 15) is 4.79 Å². The van der Waals surface area contributed by atoms with E-state index in [0.29, 0.717) is 30.0 Å². The van der Waals surface area contributed by atoms with Gasteiger partial charge in [-0.3, -0.25) is 4.79 Å². The number of benzene rings is 1. The number of ketones is 1. The van der Waals surface area contributed by atoms with Gasteiger partial charge in [0.1, 0.15) is 5.78 Å². The Kier molecular flexibility index (Phi) is 3.14. The first kappa shape index (κ1) is 12.9. The predicted octanol–water partition coefficient (Wildman–Crippen LogP) is 4.52. The van der Waals surface area contributed by atoms with E-state index in [1.807, 2.05) is 24.3 Å². The minimum atomic E-state index is 0.360. The van der Waals surface area contributed by atoms with Crippen LogP contribution in [0.4, 0.5) is 0 Å². The Morgan fingerprint density at radius 1 is 0.950 bits per heavy atom. The molecule has 0 amide bonds. The second kappa shape index (κ2) is 4.87. The Morgan fingerprint density at radius 2 is 1.50 bits per heavy atom. The second-order valence-electron chi connectivity index (χ2n) is 7.23. The summed E-state index contributed by atoms with van der Waals surface area (Å²) < 4.78 is 0. The van der Waals surface area contributed by atoms with Gasteiger partial charge in [-0.25, -0.2) is 0 Å². The molecule has 0 radical (unpaired) electrons. The molecule has 2 heteroatoms. The van der Waals surface area contributed by atoms with Crippen LogP contribution in [0.3, 0.4) is 0 Å². The smallest absolute Gasteiger partial charge is 0.140 e. The van der Waals surface area contributed by atoms with Crippen molar-refractivity contribution in [2.24, 2.45) is 29.6 Å². The second-order valence-corrected chi connectivity index (χ2v) is 7.66. The highest BCUT2D eigenvalue weighted by Crippen LogP contribution is 2.56. The number of carbonyl (C=O) groups is 1. The summed E-state index contributed by atoms with van der Waals surface area (Å²) >= 11 is 5.91. The van der Waals surface area contributed by atoms with Gasteiger partial charge >= 0.3 is 0 Å². The normalized spacial score (nSPS) is 38.1. The third kappa shape index (κ3) is 2.20. The van der Waals surface area contributed by atoms with Gasteiger partial charge in [-0.15, -0.1) is 0 Å². The zero-order valence-electron chi connectivity index (χ0n) is 11.7. The first-order valence-electron chi connectivity index (χ1n) is 7.96. The van der Waals surface area contributed by atoms with Gasteiger partial charge < -0.3 is 0 Å². The molecule has 1 aromatic rings. The lowest BCUT2D eigenvalue weighted by atomic mass is 9.51. The highest BCUT2D eigenvalue weighted by atomic mass is 35.5. The van der Waals surface area contributed by atoms with Gasteiger partial charge in [0.25, 0.3) is 0 Å². The summed E-state index contributed by atoms with van der Waals surface area (Å²) in [5.74, 6) is 4.13. The first-order valence-corrected chi connectivity index (χ1v) is 8.34. The number of carbonyl (C=O) groups excluding carboxylic acids is 1. The Balaban J connectivity index is 1.50. The number of Topliss-reactive ketones (excluding diaryl/α,β-unsaturated/α-hetero) is 1. The molecule has 4 saturated carbocycles. The summed E-state index contributed by atoms with van der Waals surface area (Å²) in [5.41, 5.74) is 1.12. The molecule has 4 fully saturated rings. The molecule has 0 N–H and O–H groups in total. The van der Waals surface area contributed by atoms with Gasteiger partial charge in [0.15, 0.2) is 0 Å². The first-order chi connectivity index (χ1) is 9.69. The average molecular weight is 289 g/mol. The molecular formula is C18H21ClO. The van der Waals surface area contributed by atoms with Crippen molar-refractivity contribution in [3.8, 4) is 0 Å². The van der Waals surface area contributed by atoms with Gasteiger partial charge in [0.05, 0.1) is 0 Å². The average Bonchev–Trinajstić information content (AvgIpc) is 2.40. The Morgan fingerprint density at radius 3 is 2.05 bits per heavy atom. The van der Waals surface area contributed by atoms with Crippen LogP contribution in [0, 0.1) is 29.6 Å². The van der Waals surface area contributed by atoms with E-state index in [0.717, 1.165) is 22.4 Å². The summed E-state index contributed by atoms with van der Waals surface area (Å²) in [6.07, 6.45) is 7.34. The molecule has 0 unspecified atom stereocenters. The summed E-state index contributed by atoms with van der Waals surface area (Å²) in [4.78, 5) is 12.8. The highest BCUT2D eigenvalue weighted by molar-refractivity contribution is 6.30.